The Hall–Kier alpha value is -4.66. The van der Waals surface area contributed by atoms with Crippen LogP contribution in [0.1, 0.15) is 32.9 Å². The number of nitriles is 1. The van der Waals surface area contributed by atoms with Crippen molar-refractivity contribution in [3.63, 3.8) is 0 Å². The van der Waals surface area contributed by atoms with Gasteiger partial charge in [0.1, 0.15) is 24.1 Å². The summed E-state index contributed by atoms with van der Waals surface area (Å²) in [5.41, 5.74) is 3.38. The van der Waals surface area contributed by atoms with Crippen LogP contribution in [0.15, 0.2) is 60.0 Å². The number of hydrogen-bond acceptors (Lipinski definition) is 7. The summed E-state index contributed by atoms with van der Waals surface area (Å²) in [5.74, 6) is -1.23. The van der Waals surface area contributed by atoms with E-state index >= 15 is 4.39 Å². The molecule has 3 aromatic carbocycles. The zero-order valence-electron chi connectivity index (χ0n) is 21.2. The molecule has 0 unspecified atom stereocenters. The molecule has 0 aliphatic carbocycles. The minimum atomic E-state index is -1.04. The van der Waals surface area contributed by atoms with Gasteiger partial charge in [0.2, 0.25) is 5.88 Å². The monoisotopic (exact) mass is 560 g/mol. The number of aromatic nitrogens is 3. The lowest BCUT2D eigenvalue weighted by Gasteiger charge is -2.11. The maximum atomic E-state index is 15.4. The van der Waals surface area contributed by atoms with Crippen LogP contribution in [-0.4, -0.2) is 38.7 Å². The first-order valence-electron chi connectivity index (χ1n) is 12.1. The van der Waals surface area contributed by atoms with Crippen molar-refractivity contribution in [3.05, 3.63) is 99.7 Å². The van der Waals surface area contributed by atoms with Crippen molar-refractivity contribution in [2.24, 2.45) is 0 Å². The summed E-state index contributed by atoms with van der Waals surface area (Å²) < 4.78 is 46.6. The number of hydrogen-bond donors (Lipinski definition) is 1. The van der Waals surface area contributed by atoms with Gasteiger partial charge in [-0.1, -0.05) is 18.2 Å². The zero-order chi connectivity index (χ0) is 28.2. The zero-order valence-corrected chi connectivity index (χ0v) is 22.0. The molecule has 0 spiro atoms. The molecule has 0 aliphatic rings. The highest BCUT2D eigenvalue weighted by Crippen LogP contribution is 2.33. The molecule has 0 fully saturated rings. The van der Waals surface area contributed by atoms with Gasteiger partial charge >= 0.3 is 5.97 Å². The van der Waals surface area contributed by atoms with E-state index in [1.165, 1.54) is 24.3 Å². The lowest BCUT2D eigenvalue weighted by molar-refractivity contribution is 0.0697. The number of carboxylic acids is 1. The maximum absolute atomic E-state index is 15.4. The molecule has 5 rings (SSSR count). The smallest absolute Gasteiger partial charge is 0.335 e. The number of ether oxygens (including phenoxy) is 2. The van der Waals surface area contributed by atoms with Crippen LogP contribution in [0, 0.1) is 23.0 Å². The minimum Gasteiger partial charge on any atom is -0.478 e. The molecular formula is C29H22F2N4O4S. The average Bonchev–Trinajstić information content (AvgIpc) is 3.56. The van der Waals surface area contributed by atoms with Gasteiger partial charge < -0.3 is 19.1 Å². The first-order chi connectivity index (χ1) is 19.4. The molecule has 202 valence electrons. The molecule has 2 heterocycles. The van der Waals surface area contributed by atoms with Crippen LogP contribution in [0.5, 0.6) is 5.88 Å². The van der Waals surface area contributed by atoms with Crippen LogP contribution in [0.3, 0.4) is 0 Å². The van der Waals surface area contributed by atoms with E-state index in [0.717, 1.165) is 17.6 Å². The van der Waals surface area contributed by atoms with E-state index in [9.17, 15) is 14.3 Å². The van der Waals surface area contributed by atoms with E-state index in [1.54, 1.807) is 36.8 Å². The Morgan fingerprint density at radius 1 is 1.10 bits per heavy atom. The van der Waals surface area contributed by atoms with Crippen LogP contribution < -0.4 is 4.74 Å². The number of imidazole rings is 1. The second-order valence-electron chi connectivity index (χ2n) is 8.90. The standard InChI is InChI=1S/C29H22F2N4O4S/c1-38-9-8-35-26-12-20(29(36)37)6-7-25(26)33-27(35)13-19-5-4-18(11-24(19)31)22-16-40-34-28(22)39-15-21-3-2-17(14-32)10-23(21)30/h2-7,10-12,16H,8-9,13,15H2,1H3,(H,36,37). The van der Waals surface area contributed by atoms with Gasteiger partial charge in [0.25, 0.3) is 0 Å². The second kappa shape index (κ2) is 11.6. The predicted octanol–water partition coefficient (Wildman–Crippen LogP) is 5.82. The molecule has 0 saturated heterocycles. The van der Waals surface area contributed by atoms with Crippen LogP contribution in [-0.2, 0) is 24.3 Å². The lowest BCUT2D eigenvalue weighted by atomic mass is 10.0. The molecule has 0 saturated carbocycles. The van der Waals surface area contributed by atoms with Crippen LogP contribution in [0.2, 0.25) is 0 Å². The van der Waals surface area contributed by atoms with Crippen LogP contribution in [0.25, 0.3) is 22.2 Å². The van der Waals surface area contributed by atoms with E-state index in [0.29, 0.717) is 46.7 Å². The Balaban J connectivity index is 1.39. The highest BCUT2D eigenvalue weighted by atomic mass is 32.1. The third-order valence-electron chi connectivity index (χ3n) is 6.39. The van der Waals surface area contributed by atoms with Crippen molar-refractivity contribution in [2.45, 2.75) is 19.6 Å². The fraction of sp³-hybridized carbons (Fsp3) is 0.172. The summed E-state index contributed by atoms with van der Waals surface area (Å²) >= 11 is 1.13. The van der Waals surface area contributed by atoms with Crippen molar-refractivity contribution in [1.82, 2.24) is 13.9 Å². The highest BCUT2D eigenvalue weighted by Gasteiger charge is 2.18. The highest BCUT2D eigenvalue weighted by molar-refractivity contribution is 7.04. The summed E-state index contributed by atoms with van der Waals surface area (Å²) in [5, 5.41) is 20.0. The third-order valence-corrected chi connectivity index (χ3v) is 7.00. The summed E-state index contributed by atoms with van der Waals surface area (Å²) in [6, 6.07) is 15.5. The predicted molar refractivity (Wildman–Crippen MR) is 144 cm³/mol. The number of rotatable bonds is 10. The summed E-state index contributed by atoms with van der Waals surface area (Å²) in [7, 11) is 1.57. The van der Waals surface area contributed by atoms with E-state index in [4.69, 9.17) is 14.7 Å². The van der Waals surface area contributed by atoms with Crippen LogP contribution in [0.4, 0.5) is 8.78 Å². The number of benzene rings is 3. The van der Waals surface area contributed by atoms with Gasteiger partial charge in [0.15, 0.2) is 0 Å². The molecule has 11 heteroatoms. The third kappa shape index (κ3) is 5.54. The number of nitrogens with zero attached hydrogens (tertiary/aromatic N) is 4. The van der Waals surface area contributed by atoms with Gasteiger partial charge in [0, 0.05) is 31.0 Å². The number of carboxylic acid groups (broad SMARTS) is 1. The van der Waals surface area contributed by atoms with Gasteiger partial charge in [-0.05, 0) is 59.1 Å². The quantitative estimate of drug-likeness (QED) is 0.229. The molecule has 0 radical (unpaired) electrons. The molecule has 2 aromatic heterocycles. The molecule has 1 N–H and O–H groups in total. The molecular weight excluding hydrogens is 538 g/mol. The number of carbonyl (C=O) groups is 1. The molecule has 0 atom stereocenters. The van der Waals surface area contributed by atoms with Gasteiger partial charge in [-0.2, -0.15) is 9.64 Å². The van der Waals surface area contributed by atoms with Crippen molar-refractivity contribution in [2.75, 3.05) is 13.7 Å². The van der Waals surface area contributed by atoms with Gasteiger partial charge in [0.05, 0.1) is 40.4 Å². The largest absolute Gasteiger partial charge is 0.478 e. The van der Waals surface area contributed by atoms with Crippen molar-refractivity contribution < 1.29 is 28.2 Å². The Labute approximate surface area is 231 Å². The topological polar surface area (TPSA) is 110 Å². The Morgan fingerprint density at radius 3 is 2.62 bits per heavy atom. The number of aromatic carboxylic acids is 1. The Morgan fingerprint density at radius 2 is 1.90 bits per heavy atom. The Bertz CT molecular complexity index is 1760. The first kappa shape index (κ1) is 26.9. The van der Waals surface area contributed by atoms with Crippen molar-refractivity contribution >= 4 is 28.5 Å². The van der Waals surface area contributed by atoms with Gasteiger partial charge in [-0.15, -0.1) is 0 Å². The molecule has 0 bridgehead atoms. The fourth-order valence-corrected chi connectivity index (χ4v) is 4.95. The molecule has 5 aromatic rings. The van der Waals surface area contributed by atoms with E-state index in [1.807, 2.05) is 10.6 Å². The van der Waals surface area contributed by atoms with Crippen molar-refractivity contribution in [1.29, 1.82) is 5.26 Å². The summed E-state index contributed by atoms with van der Waals surface area (Å²) in [6.07, 6.45) is 0.177. The maximum Gasteiger partial charge on any atom is 0.335 e. The van der Waals surface area contributed by atoms with Gasteiger partial charge in [-0.3, -0.25) is 0 Å². The number of fused-ring (bicyclic) bond motifs is 1. The van der Waals surface area contributed by atoms with E-state index in [-0.39, 0.29) is 35.6 Å². The average molecular weight is 561 g/mol. The van der Waals surface area contributed by atoms with Gasteiger partial charge in [-0.25, -0.2) is 18.6 Å². The number of halogens is 2. The van der Waals surface area contributed by atoms with E-state index < -0.39 is 17.6 Å². The lowest BCUT2D eigenvalue weighted by Crippen LogP contribution is -2.10. The van der Waals surface area contributed by atoms with Crippen molar-refractivity contribution in [3.8, 4) is 23.1 Å². The second-order valence-corrected chi connectivity index (χ2v) is 9.53. The molecule has 40 heavy (non-hydrogen) atoms. The van der Waals surface area contributed by atoms with Crippen LogP contribution >= 0.6 is 11.5 Å². The normalized spacial score (nSPS) is 11.1. The minimum absolute atomic E-state index is 0.101. The number of methoxy groups -OCH3 is 1. The SMILES string of the molecule is COCCn1c(Cc2ccc(-c3csnc3OCc3ccc(C#N)cc3F)cc2F)nc2ccc(C(=O)O)cc21. The first-order valence-corrected chi connectivity index (χ1v) is 13.0. The molecule has 0 amide bonds. The fourth-order valence-electron chi connectivity index (χ4n) is 4.30. The summed E-state index contributed by atoms with van der Waals surface area (Å²) in [4.78, 5) is 16.1. The van der Waals surface area contributed by atoms with E-state index in [2.05, 4.69) is 9.36 Å². The Kier molecular flexibility index (Phi) is 7.82. The summed E-state index contributed by atoms with van der Waals surface area (Å²) in [6.45, 7) is 0.694. The molecule has 0 aliphatic heterocycles. The molecule has 8 nitrogen and oxygen atoms in total.